The molecule has 108 valence electrons. The van der Waals surface area contributed by atoms with Crippen molar-refractivity contribution in [3.63, 3.8) is 0 Å². The molecule has 2 aromatic rings. The van der Waals surface area contributed by atoms with E-state index in [9.17, 15) is 4.79 Å². The number of rotatable bonds is 3. The molecule has 1 saturated heterocycles. The standard InChI is InChI=1S/C15H15BrN4O/c16-12-5-3-11(4-6-12)15(21)19-7-13(8-19)20-9-14(17-18-20)10-1-2-10/h3-6,9-10,13H,1-2,7-8H2. The minimum atomic E-state index is 0.0845. The Hall–Kier alpha value is -1.69. The summed E-state index contributed by atoms with van der Waals surface area (Å²) >= 11 is 3.38. The Morgan fingerprint density at radius 3 is 2.57 bits per heavy atom. The van der Waals surface area contributed by atoms with E-state index in [0.29, 0.717) is 19.0 Å². The van der Waals surface area contributed by atoms with E-state index in [-0.39, 0.29) is 11.9 Å². The molecular formula is C15H15BrN4O. The third-order valence-electron chi connectivity index (χ3n) is 4.14. The van der Waals surface area contributed by atoms with Gasteiger partial charge in [0, 0.05) is 35.2 Å². The highest BCUT2D eigenvalue weighted by atomic mass is 79.9. The molecule has 2 fully saturated rings. The van der Waals surface area contributed by atoms with Crippen LogP contribution in [-0.4, -0.2) is 38.9 Å². The van der Waals surface area contributed by atoms with Gasteiger partial charge in [-0.1, -0.05) is 21.1 Å². The number of carbonyl (C=O) groups is 1. The Bertz CT molecular complexity index is 671. The number of benzene rings is 1. The monoisotopic (exact) mass is 346 g/mol. The maximum atomic E-state index is 12.3. The zero-order valence-electron chi connectivity index (χ0n) is 11.4. The number of halogens is 1. The number of aromatic nitrogens is 3. The van der Waals surface area contributed by atoms with Crippen LogP contribution in [0.3, 0.4) is 0 Å². The number of hydrogen-bond acceptors (Lipinski definition) is 3. The molecule has 0 atom stereocenters. The van der Waals surface area contributed by atoms with Gasteiger partial charge in [0.2, 0.25) is 0 Å². The summed E-state index contributed by atoms with van der Waals surface area (Å²) in [5.41, 5.74) is 1.83. The molecule has 1 aromatic heterocycles. The van der Waals surface area contributed by atoms with Crippen LogP contribution in [0.2, 0.25) is 0 Å². The molecular weight excluding hydrogens is 332 g/mol. The van der Waals surface area contributed by atoms with Crippen LogP contribution in [0.25, 0.3) is 0 Å². The smallest absolute Gasteiger partial charge is 0.254 e. The predicted octanol–water partition coefficient (Wildman–Crippen LogP) is 2.62. The average molecular weight is 347 g/mol. The Balaban J connectivity index is 1.39. The topological polar surface area (TPSA) is 51.0 Å². The molecule has 1 saturated carbocycles. The summed E-state index contributed by atoms with van der Waals surface area (Å²) in [7, 11) is 0. The number of hydrogen-bond donors (Lipinski definition) is 0. The van der Waals surface area contributed by atoms with Crippen molar-refractivity contribution >= 4 is 21.8 Å². The second-order valence-corrected chi connectivity index (χ2v) is 6.68. The van der Waals surface area contributed by atoms with Crippen LogP contribution in [0.15, 0.2) is 34.9 Å². The van der Waals surface area contributed by atoms with Gasteiger partial charge in [-0.3, -0.25) is 4.79 Å². The van der Waals surface area contributed by atoms with Gasteiger partial charge >= 0.3 is 0 Å². The Morgan fingerprint density at radius 2 is 1.90 bits per heavy atom. The van der Waals surface area contributed by atoms with Crippen LogP contribution in [0.1, 0.15) is 40.9 Å². The number of likely N-dealkylation sites (tertiary alicyclic amines) is 1. The molecule has 1 aliphatic heterocycles. The summed E-state index contributed by atoms with van der Waals surface area (Å²) in [5.74, 6) is 0.709. The second-order valence-electron chi connectivity index (χ2n) is 5.77. The molecule has 0 spiro atoms. The van der Waals surface area contributed by atoms with Gasteiger partial charge in [0.25, 0.3) is 5.91 Å². The number of amides is 1. The average Bonchev–Trinajstić information content (AvgIpc) is 3.18. The van der Waals surface area contributed by atoms with Crippen molar-refractivity contribution in [3.8, 4) is 0 Å². The molecule has 5 nitrogen and oxygen atoms in total. The van der Waals surface area contributed by atoms with Crippen LogP contribution in [0.4, 0.5) is 0 Å². The maximum Gasteiger partial charge on any atom is 0.254 e. The first-order valence-electron chi connectivity index (χ1n) is 7.17. The summed E-state index contributed by atoms with van der Waals surface area (Å²) < 4.78 is 2.90. The zero-order chi connectivity index (χ0) is 14.4. The van der Waals surface area contributed by atoms with E-state index in [0.717, 1.165) is 15.7 Å². The Labute approximate surface area is 131 Å². The summed E-state index contributed by atoms with van der Waals surface area (Å²) in [6, 6.07) is 7.75. The molecule has 0 bridgehead atoms. The van der Waals surface area contributed by atoms with Crippen LogP contribution < -0.4 is 0 Å². The van der Waals surface area contributed by atoms with Crippen molar-refractivity contribution < 1.29 is 4.79 Å². The third kappa shape index (κ3) is 2.48. The third-order valence-corrected chi connectivity index (χ3v) is 4.67. The zero-order valence-corrected chi connectivity index (χ0v) is 13.0. The fraction of sp³-hybridized carbons (Fsp3) is 0.400. The van der Waals surface area contributed by atoms with Crippen LogP contribution in [-0.2, 0) is 0 Å². The van der Waals surface area contributed by atoms with Gasteiger partial charge in [0.05, 0.1) is 11.7 Å². The molecule has 4 rings (SSSR count). The fourth-order valence-electron chi connectivity index (χ4n) is 2.60. The summed E-state index contributed by atoms with van der Waals surface area (Å²) in [6.07, 6.45) is 4.51. The first-order chi connectivity index (χ1) is 10.2. The van der Waals surface area contributed by atoms with E-state index in [4.69, 9.17) is 0 Å². The second kappa shape index (κ2) is 4.94. The van der Waals surface area contributed by atoms with Crippen molar-refractivity contribution in [2.45, 2.75) is 24.8 Å². The van der Waals surface area contributed by atoms with E-state index in [1.54, 1.807) is 0 Å². The summed E-state index contributed by atoms with van der Waals surface area (Å²) in [5, 5.41) is 8.42. The molecule has 2 aliphatic rings. The molecule has 0 radical (unpaired) electrons. The van der Waals surface area contributed by atoms with Crippen LogP contribution in [0, 0.1) is 0 Å². The molecule has 2 heterocycles. The molecule has 0 unspecified atom stereocenters. The molecule has 1 aliphatic carbocycles. The fourth-order valence-corrected chi connectivity index (χ4v) is 2.86. The van der Waals surface area contributed by atoms with Crippen molar-refractivity contribution in [1.29, 1.82) is 0 Å². The van der Waals surface area contributed by atoms with Crippen molar-refractivity contribution in [2.75, 3.05) is 13.1 Å². The van der Waals surface area contributed by atoms with Gasteiger partial charge in [-0.15, -0.1) is 5.10 Å². The lowest BCUT2D eigenvalue weighted by atomic mass is 10.1. The van der Waals surface area contributed by atoms with Crippen LogP contribution in [0.5, 0.6) is 0 Å². The first kappa shape index (κ1) is 13.0. The minimum Gasteiger partial charge on any atom is -0.334 e. The van der Waals surface area contributed by atoms with Crippen molar-refractivity contribution in [3.05, 3.63) is 46.2 Å². The molecule has 6 heteroatoms. The van der Waals surface area contributed by atoms with Crippen LogP contribution >= 0.6 is 15.9 Å². The first-order valence-corrected chi connectivity index (χ1v) is 7.96. The van der Waals surface area contributed by atoms with Crippen molar-refractivity contribution in [2.24, 2.45) is 0 Å². The minimum absolute atomic E-state index is 0.0845. The largest absolute Gasteiger partial charge is 0.334 e. The summed E-state index contributed by atoms with van der Waals surface area (Å²) in [6.45, 7) is 1.42. The molecule has 1 amide bonds. The molecule has 0 N–H and O–H groups in total. The van der Waals surface area contributed by atoms with E-state index in [1.807, 2.05) is 40.0 Å². The highest BCUT2D eigenvalue weighted by molar-refractivity contribution is 9.10. The SMILES string of the molecule is O=C(c1ccc(Br)cc1)N1CC(n2cc(C3CC3)nn2)C1. The molecule has 21 heavy (non-hydrogen) atoms. The van der Waals surface area contributed by atoms with E-state index >= 15 is 0 Å². The predicted molar refractivity (Wildman–Crippen MR) is 81.1 cm³/mol. The highest BCUT2D eigenvalue weighted by Crippen LogP contribution is 2.39. The van der Waals surface area contributed by atoms with Gasteiger partial charge in [-0.05, 0) is 37.1 Å². The van der Waals surface area contributed by atoms with Gasteiger partial charge in [-0.25, -0.2) is 4.68 Å². The van der Waals surface area contributed by atoms with Gasteiger partial charge < -0.3 is 4.90 Å². The Kier molecular flexibility index (Phi) is 3.06. The van der Waals surface area contributed by atoms with Gasteiger partial charge in [0.15, 0.2) is 0 Å². The normalized spacial score (nSPS) is 18.6. The van der Waals surface area contributed by atoms with E-state index < -0.39 is 0 Å². The quantitative estimate of drug-likeness (QED) is 0.858. The van der Waals surface area contributed by atoms with Gasteiger partial charge in [0.1, 0.15) is 0 Å². The van der Waals surface area contributed by atoms with Crippen molar-refractivity contribution in [1.82, 2.24) is 19.9 Å². The van der Waals surface area contributed by atoms with E-state index in [2.05, 4.69) is 26.2 Å². The van der Waals surface area contributed by atoms with Gasteiger partial charge in [-0.2, -0.15) is 0 Å². The van der Waals surface area contributed by atoms with E-state index in [1.165, 1.54) is 12.8 Å². The number of nitrogens with zero attached hydrogens (tertiary/aromatic N) is 4. The Morgan fingerprint density at radius 1 is 1.19 bits per heavy atom. The lowest BCUT2D eigenvalue weighted by molar-refractivity contribution is 0.0498. The highest BCUT2D eigenvalue weighted by Gasteiger charge is 2.34. The summed E-state index contributed by atoms with van der Waals surface area (Å²) in [4.78, 5) is 14.2. The lowest BCUT2D eigenvalue weighted by Crippen LogP contribution is -2.50. The maximum absolute atomic E-state index is 12.3. The number of carbonyl (C=O) groups excluding carboxylic acids is 1. The molecule has 1 aromatic carbocycles. The lowest BCUT2D eigenvalue weighted by Gasteiger charge is -2.38.